The highest BCUT2D eigenvalue weighted by Gasteiger charge is 2.01. The van der Waals surface area contributed by atoms with Gasteiger partial charge >= 0.3 is 0 Å². The molecule has 4 heteroatoms. The van der Waals surface area contributed by atoms with E-state index in [-0.39, 0.29) is 0 Å². The number of hydrazine groups is 1. The van der Waals surface area contributed by atoms with Gasteiger partial charge in [0.25, 0.3) is 0 Å². The Kier molecular flexibility index (Phi) is 5.17. The standard InChI is InChI=1S/C10H16N2O2/c11-12-6-10(13)8-14-7-9-4-2-1-3-5-9/h1-5,10,12-13H,6-8,11H2/t10-/m0/s1. The Morgan fingerprint density at radius 2 is 2.07 bits per heavy atom. The lowest BCUT2D eigenvalue weighted by atomic mass is 10.2. The smallest absolute Gasteiger partial charge is 0.0911 e. The van der Waals surface area contributed by atoms with Crippen LogP contribution in [-0.2, 0) is 11.3 Å². The van der Waals surface area contributed by atoms with Crippen LogP contribution < -0.4 is 11.3 Å². The van der Waals surface area contributed by atoms with Gasteiger partial charge in [-0.1, -0.05) is 30.3 Å². The van der Waals surface area contributed by atoms with Crippen LogP contribution >= 0.6 is 0 Å². The van der Waals surface area contributed by atoms with Crippen LogP contribution in [0.3, 0.4) is 0 Å². The number of hydrogen-bond acceptors (Lipinski definition) is 4. The van der Waals surface area contributed by atoms with Gasteiger partial charge in [-0.3, -0.25) is 11.3 Å². The van der Waals surface area contributed by atoms with Gasteiger partial charge in [0, 0.05) is 6.54 Å². The monoisotopic (exact) mass is 196 g/mol. The van der Waals surface area contributed by atoms with Crippen molar-refractivity contribution >= 4 is 0 Å². The lowest BCUT2D eigenvalue weighted by Crippen LogP contribution is -2.34. The van der Waals surface area contributed by atoms with Gasteiger partial charge in [-0.15, -0.1) is 0 Å². The molecule has 0 aliphatic carbocycles. The second kappa shape index (κ2) is 6.50. The van der Waals surface area contributed by atoms with E-state index in [4.69, 9.17) is 10.6 Å². The van der Waals surface area contributed by atoms with Crippen LogP contribution in [0, 0.1) is 0 Å². The molecule has 0 saturated carbocycles. The maximum atomic E-state index is 9.26. The summed E-state index contributed by atoms with van der Waals surface area (Å²) in [4.78, 5) is 0. The largest absolute Gasteiger partial charge is 0.389 e. The predicted molar refractivity (Wildman–Crippen MR) is 54.3 cm³/mol. The van der Waals surface area contributed by atoms with E-state index in [0.717, 1.165) is 5.56 Å². The topological polar surface area (TPSA) is 67.5 Å². The molecule has 1 rings (SSSR count). The average molecular weight is 196 g/mol. The minimum absolute atomic E-state index is 0.291. The molecule has 1 aromatic rings. The van der Waals surface area contributed by atoms with Crippen molar-refractivity contribution in [2.24, 2.45) is 5.84 Å². The van der Waals surface area contributed by atoms with Crippen LogP contribution in [0.2, 0.25) is 0 Å². The molecule has 0 aliphatic rings. The maximum Gasteiger partial charge on any atom is 0.0911 e. The molecule has 0 radical (unpaired) electrons. The summed E-state index contributed by atoms with van der Waals surface area (Å²) in [6.45, 7) is 1.15. The van der Waals surface area contributed by atoms with Crippen LogP contribution in [0.4, 0.5) is 0 Å². The number of ether oxygens (including phenoxy) is 1. The fraction of sp³-hybridized carbons (Fsp3) is 0.400. The molecule has 4 nitrogen and oxygen atoms in total. The van der Waals surface area contributed by atoms with E-state index in [9.17, 15) is 5.11 Å². The first kappa shape index (κ1) is 11.1. The molecule has 1 atom stereocenters. The fourth-order valence-electron chi connectivity index (χ4n) is 1.08. The third kappa shape index (κ3) is 4.34. The van der Waals surface area contributed by atoms with Crippen molar-refractivity contribution in [3.8, 4) is 0 Å². The molecule has 0 aliphatic heterocycles. The Bertz CT molecular complexity index is 241. The maximum absolute atomic E-state index is 9.26. The van der Waals surface area contributed by atoms with Crippen molar-refractivity contribution in [1.82, 2.24) is 5.43 Å². The van der Waals surface area contributed by atoms with Crippen molar-refractivity contribution in [3.05, 3.63) is 35.9 Å². The second-order valence-electron chi connectivity index (χ2n) is 3.06. The number of nitrogens with two attached hydrogens (primary N) is 1. The zero-order valence-electron chi connectivity index (χ0n) is 8.02. The van der Waals surface area contributed by atoms with Gasteiger partial charge in [0.2, 0.25) is 0 Å². The summed E-state index contributed by atoms with van der Waals surface area (Å²) in [6, 6.07) is 9.82. The van der Waals surface area contributed by atoms with Gasteiger partial charge < -0.3 is 9.84 Å². The molecule has 0 aromatic heterocycles. The lowest BCUT2D eigenvalue weighted by Gasteiger charge is -2.10. The van der Waals surface area contributed by atoms with Crippen LogP contribution in [0.25, 0.3) is 0 Å². The highest BCUT2D eigenvalue weighted by molar-refractivity contribution is 5.13. The van der Waals surface area contributed by atoms with E-state index in [1.807, 2.05) is 30.3 Å². The van der Waals surface area contributed by atoms with E-state index in [0.29, 0.717) is 19.8 Å². The van der Waals surface area contributed by atoms with Crippen LogP contribution in [0.1, 0.15) is 5.56 Å². The second-order valence-corrected chi connectivity index (χ2v) is 3.06. The van der Waals surface area contributed by atoms with Crippen molar-refractivity contribution < 1.29 is 9.84 Å². The number of aliphatic hydroxyl groups is 1. The number of aliphatic hydroxyl groups excluding tert-OH is 1. The molecule has 0 amide bonds. The predicted octanol–water partition coefficient (Wildman–Crippen LogP) is 0.0274. The molecular weight excluding hydrogens is 180 g/mol. The normalized spacial score (nSPS) is 12.7. The van der Waals surface area contributed by atoms with E-state index < -0.39 is 6.10 Å². The number of rotatable bonds is 6. The Labute approximate surface area is 83.7 Å². The number of hydrogen-bond donors (Lipinski definition) is 3. The SMILES string of the molecule is NNC[C@H](O)COCc1ccccc1. The number of nitrogens with one attached hydrogen (secondary N) is 1. The highest BCUT2D eigenvalue weighted by Crippen LogP contribution is 2.00. The summed E-state index contributed by atoms with van der Waals surface area (Å²) < 4.78 is 5.29. The first-order valence-electron chi connectivity index (χ1n) is 4.56. The summed E-state index contributed by atoms with van der Waals surface area (Å²) in [5, 5.41) is 9.26. The molecule has 0 unspecified atom stereocenters. The number of benzene rings is 1. The summed E-state index contributed by atoms with van der Waals surface area (Å²) >= 11 is 0. The van der Waals surface area contributed by atoms with Gasteiger partial charge in [-0.2, -0.15) is 0 Å². The van der Waals surface area contributed by atoms with Gasteiger partial charge in [0.1, 0.15) is 0 Å². The van der Waals surface area contributed by atoms with E-state index in [1.165, 1.54) is 0 Å². The summed E-state index contributed by atoms with van der Waals surface area (Å²) in [5.41, 5.74) is 3.48. The summed E-state index contributed by atoms with van der Waals surface area (Å²) in [6.07, 6.45) is -0.552. The molecule has 0 fully saturated rings. The highest BCUT2D eigenvalue weighted by atomic mass is 16.5. The molecule has 0 saturated heterocycles. The zero-order valence-corrected chi connectivity index (χ0v) is 8.02. The van der Waals surface area contributed by atoms with Gasteiger partial charge in [-0.05, 0) is 5.56 Å². The first-order chi connectivity index (χ1) is 6.83. The minimum atomic E-state index is -0.552. The van der Waals surface area contributed by atoms with Gasteiger partial charge in [0.15, 0.2) is 0 Å². The minimum Gasteiger partial charge on any atom is -0.389 e. The zero-order chi connectivity index (χ0) is 10.2. The van der Waals surface area contributed by atoms with E-state index in [2.05, 4.69) is 5.43 Å². The van der Waals surface area contributed by atoms with Crippen molar-refractivity contribution in [1.29, 1.82) is 0 Å². The van der Waals surface area contributed by atoms with Crippen LogP contribution in [0.15, 0.2) is 30.3 Å². The molecule has 78 valence electrons. The van der Waals surface area contributed by atoms with Gasteiger partial charge in [-0.25, -0.2) is 0 Å². The Morgan fingerprint density at radius 1 is 1.36 bits per heavy atom. The molecule has 14 heavy (non-hydrogen) atoms. The van der Waals surface area contributed by atoms with Crippen molar-refractivity contribution in [2.75, 3.05) is 13.2 Å². The molecule has 0 bridgehead atoms. The van der Waals surface area contributed by atoms with Crippen molar-refractivity contribution in [2.45, 2.75) is 12.7 Å². The molecule has 0 spiro atoms. The van der Waals surface area contributed by atoms with E-state index in [1.54, 1.807) is 0 Å². The van der Waals surface area contributed by atoms with Gasteiger partial charge in [0.05, 0.1) is 19.3 Å². The molecule has 0 heterocycles. The first-order valence-corrected chi connectivity index (χ1v) is 4.56. The summed E-state index contributed by atoms with van der Waals surface area (Å²) in [5.74, 6) is 5.05. The van der Waals surface area contributed by atoms with Crippen LogP contribution in [0.5, 0.6) is 0 Å². The Balaban J connectivity index is 2.16. The third-order valence-corrected chi connectivity index (χ3v) is 1.78. The Hall–Kier alpha value is -0.940. The summed E-state index contributed by atoms with van der Waals surface area (Å²) in [7, 11) is 0. The quantitative estimate of drug-likeness (QED) is 0.443. The molecular formula is C10H16N2O2. The molecule has 1 aromatic carbocycles. The van der Waals surface area contributed by atoms with E-state index >= 15 is 0 Å². The van der Waals surface area contributed by atoms with Crippen LogP contribution in [-0.4, -0.2) is 24.4 Å². The Morgan fingerprint density at radius 3 is 2.71 bits per heavy atom. The third-order valence-electron chi connectivity index (χ3n) is 1.78. The van der Waals surface area contributed by atoms with Crippen molar-refractivity contribution in [3.63, 3.8) is 0 Å². The average Bonchev–Trinajstić information content (AvgIpc) is 2.20. The molecule has 4 N–H and O–H groups in total. The lowest BCUT2D eigenvalue weighted by molar-refractivity contribution is 0.0290. The fourth-order valence-corrected chi connectivity index (χ4v) is 1.08.